The molecule has 3 rings (SSSR count). The van der Waals surface area contributed by atoms with Crippen LogP contribution < -0.4 is 19.5 Å². The van der Waals surface area contributed by atoms with Crippen LogP contribution in [0.25, 0.3) is 0 Å². The summed E-state index contributed by atoms with van der Waals surface area (Å²) in [5, 5.41) is 3.01. The quantitative estimate of drug-likeness (QED) is 0.741. The summed E-state index contributed by atoms with van der Waals surface area (Å²) in [6.45, 7) is 8.76. The fourth-order valence-corrected chi connectivity index (χ4v) is 4.29. The molecule has 3 amide bonds. The van der Waals surface area contributed by atoms with Gasteiger partial charge in [0.2, 0.25) is 11.7 Å². The zero-order chi connectivity index (χ0) is 23.5. The zero-order valence-corrected chi connectivity index (χ0v) is 19.9. The first kappa shape index (κ1) is 24.0. The lowest BCUT2D eigenvalue weighted by Gasteiger charge is -2.31. The smallest absolute Gasteiger partial charge is 0.317 e. The Labute approximate surface area is 189 Å². The number of carbonyl (C=O) groups excluding carboxylic acids is 2. The van der Waals surface area contributed by atoms with E-state index in [9.17, 15) is 9.59 Å². The number of amides is 3. The van der Waals surface area contributed by atoms with Crippen molar-refractivity contribution in [2.45, 2.75) is 32.2 Å². The third-order valence-corrected chi connectivity index (χ3v) is 5.84. The fourth-order valence-electron chi connectivity index (χ4n) is 4.29. The number of methoxy groups -OCH3 is 3. The van der Waals surface area contributed by atoms with E-state index in [1.165, 1.54) is 0 Å². The van der Waals surface area contributed by atoms with Crippen molar-refractivity contribution in [2.75, 3.05) is 60.7 Å². The van der Waals surface area contributed by atoms with Crippen molar-refractivity contribution in [3.05, 3.63) is 17.7 Å². The molecule has 2 heterocycles. The third-order valence-electron chi connectivity index (χ3n) is 5.84. The molecular weight excluding hydrogens is 414 g/mol. The van der Waals surface area contributed by atoms with Gasteiger partial charge in [0.25, 0.3) is 0 Å². The van der Waals surface area contributed by atoms with Gasteiger partial charge in [-0.1, -0.05) is 0 Å². The molecule has 2 atom stereocenters. The number of rotatable bonds is 5. The molecule has 0 aliphatic carbocycles. The van der Waals surface area contributed by atoms with Crippen molar-refractivity contribution in [2.24, 2.45) is 5.92 Å². The number of hydrogen-bond donors (Lipinski definition) is 1. The molecule has 2 saturated heterocycles. The first-order valence-electron chi connectivity index (χ1n) is 10.9. The summed E-state index contributed by atoms with van der Waals surface area (Å²) in [5.74, 6) is 1.01. The lowest BCUT2D eigenvalue weighted by atomic mass is 9.87. The summed E-state index contributed by atoms with van der Waals surface area (Å²) in [5.41, 5.74) is 0.503. The summed E-state index contributed by atoms with van der Waals surface area (Å²) in [7, 11) is 4.68. The van der Waals surface area contributed by atoms with Crippen LogP contribution in [0.5, 0.6) is 17.2 Å². The molecule has 2 fully saturated rings. The van der Waals surface area contributed by atoms with E-state index in [-0.39, 0.29) is 29.3 Å². The first-order chi connectivity index (χ1) is 15.2. The second kappa shape index (κ2) is 9.85. The van der Waals surface area contributed by atoms with Crippen molar-refractivity contribution in [3.63, 3.8) is 0 Å². The molecule has 1 aromatic carbocycles. The van der Waals surface area contributed by atoms with Gasteiger partial charge in [0.15, 0.2) is 11.5 Å². The number of ether oxygens (including phenoxy) is 4. The first-order valence-corrected chi connectivity index (χ1v) is 10.9. The summed E-state index contributed by atoms with van der Waals surface area (Å²) in [4.78, 5) is 30.0. The highest BCUT2D eigenvalue weighted by molar-refractivity contribution is 5.83. The molecule has 0 radical (unpaired) electrons. The fraction of sp³-hybridized carbons (Fsp3) is 0.652. The maximum atomic E-state index is 13.5. The molecule has 0 spiro atoms. The Morgan fingerprint density at radius 3 is 2.06 bits per heavy atom. The Balaban J connectivity index is 1.95. The van der Waals surface area contributed by atoms with Gasteiger partial charge in [0.05, 0.1) is 40.5 Å². The van der Waals surface area contributed by atoms with Gasteiger partial charge in [-0.25, -0.2) is 4.79 Å². The van der Waals surface area contributed by atoms with Gasteiger partial charge in [-0.05, 0) is 38.5 Å². The minimum absolute atomic E-state index is 0.0399. The molecule has 9 nitrogen and oxygen atoms in total. The van der Waals surface area contributed by atoms with Crippen LogP contribution in [0, 0.1) is 5.92 Å². The number of likely N-dealkylation sites (tertiary alicyclic amines) is 1. The summed E-state index contributed by atoms with van der Waals surface area (Å²) in [6, 6.07) is 3.57. The van der Waals surface area contributed by atoms with Crippen LogP contribution in [0.2, 0.25) is 0 Å². The predicted molar refractivity (Wildman–Crippen MR) is 120 cm³/mol. The molecule has 1 N–H and O–H groups in total. The molecular formula is C23H35N3O6. The van der Waals surface area contributed by atoms with Crippen LogP contribution in [0.3, 0.4) is 0 Å². The van der Waals surface area contributed by atoms with Crippen LogP contribution in [-0.2, 0) is 9.53 Å². The molecule has 0 saturated carbocycles. The molecule has 2 aliphatic rings. The SMILES string of the molecule is COc1cc(C2CN(C(=O)NC(C)(C)C)CC2C(=O)N2CCOCC2)cc(OC)c1OC. The minimum Gasteiger partial charge on any atom is -0.493 e. The summed E-state index contributed by atoms with van der Waals surface area (Å²) in [6.07, 6.45) is 0. The van der Waals surface area contributed by atoms with Gasteiger partial charge in [-0.3, -0.25) is 4.79 Å². The van der Waals surface area contributed by atoms with Crippen LogP contribution in [0.1, 0.15) is 32.3 Å². The number of urea groups is 1. The molecule has 9 heteroatoms. The van der Waals surface area contributed by atoms with Crippen molar-refractivity contribution >= 4 is 11.9 Å². The van der Waals surface area contributed by atoms with Crippen LogP contribution in [0.15, 0.2) is 12.1 Å². The normalized spacial score (nSPS) is 21.3. The number of nitrogens with one attached hydrogen (secondary N) is 1. The Morgan fingerprint density at radius 1 is 0.969 bits per heavy atom. The van der Waals surface area contributed by atoms with Gasteiger partial charge in [-0.15, -0.1) is 0 Å². The topological polar surface area (TPSA) is 89.6 Å². The van der Waals surface area contributed by atoms with Crippen LogP contribution in [-0.4, -0.2) is 88.0 Å². The highest BCUT2D eigenvalue weighted by Crippen LogP contribution is 2.43. The predicted octanol–water partition coefficient (Wildman–Crippen LogP) is 2.09. The van der Waals surface area contributed by atoms with E-state index in [2.05, 4.69) is 5.32 Å². The van der Waals surface area contributed by atoms with E-state index < -0.39 is 0 Å². The summed E-state index contributed by atoms with van der Waals surface area (Å²) >= 11 is 0. The largest absolute Gasteiger partial charge is 0.493 e. The van der Waals surface area contributed by atoms with E-state index in [4.69, 9.17) is 18.9 Å². The number of carbonyl (C=O) groups is 2. The van der Waals surface area contributed by atoms with E-state index in [1.54, 1.807) is 26.2 Å². The second-order valence-electron chi connectivity index (χ2n) is 9.19. The average molecular weight is 450 g/mol. The van der Waals surface area contributed by atoms with Gasteiger partial charge in [0.1, 0.15) is 0 Å². The van der Waals surface area contributed by atoms with Gasteiger partial charge >= 0.3 is 6.03 Å². The van der Waals surface area contributed by atoms with E-state index in [1.807, 2.05) is 37.8 Å². The van der Waals surface area contributed by atoms with Gasteiger partial charge in [-0.2, -0.15) is 0 Å². The van der Waals surface area contributed by atoms with Crippen LogP contribution >= 0.6 is 0 Å². The van der Waals surface area contributed by atoms with E-state index >= 15 is 0 Å². The molecule has 2 unspecified atom stereocenters. The number of nitrogens with zero attached hydrogens (tertiary/aromatic N) is 2. The minimum atomic E-state index is -0.373. The van der Waals surface area contributed by atoms with Crippen molar-refractivity contribution in [1.29, 1.82) is 0 Å². The Bertz CT molecular complexity index is 807. The zero-order valence-electron chi connectivity index (χ0n) is 19.9. The summed E-state index contributed by atoms with van der Waals surface area (Å²) < 4.78 is 21.9. The highest BCUT2D eigenvalue weighted by Gasteiger charge is 2.43. The maximum absolute atomic E-state index is 13.5. The Kier molecular flexibility index (Phi) is 7.38. The number of hydrogen-bond acceptors (Lipinski definition) is 6. The Morgan fingerprint density at radius 2 is 1.56 bits per heavy atom. The second-order valence-corrected chi connectivity index (χ2v) is 9.19. The average Bonchev–Trinajstić information content (AvgIpc) is 3.22. The lowest BCUT2D eigenvalue weighted by Crippen LogP contribution is -2.48. The highest BCUT2D eigenvalue weighted by atomic mass is 16.5. The van der Waals surface area contributed by atoms with Crippen molar-refractivity contribution in [3.8, 4) is 17.2 Å². The molecule has 1 aromatic rings. The molecule has 0 bridgehead atoms. The molecule has 0 aromatic heterocycles. The number of morpholine rings is 1. The monoisotopic (exact) mass is 449 g/mol. The molecule has 178 valence electrons. The van der Waals surface area contributed by atoms with Gasteiger partial charge in [0, 0.05) is 37.6 Å². The Hall–Kier alpha value is -2.68. The van der Waals surface area contributed by atoms with E-state index in [0.29, 0.717) is 56.6 Å². The maximum Gasteiger partial charge on any atom is 0.317 e. The molecule has 32 heavy (non-hydrogen) atoms. The van der Waals surface area contributed by atoms with Crippen LogP contribution in [0.4, 0.5) is 4.79 Å². The third kappa shape index (κ3) is 5.20. The van der Waals surface area contributed by atoms with Crippen molar-refractivity contribution in [1.82, 2.24) is 15.1 Å². The number of benzene rings is 1. The molecule has 2 aliphatic heterocycles. The van der Waals surface area contributed by atoms with E-state index in [0.717, 1.165) is 5.56 Å². The standard InChI is InChI=1S/C23H35N3O6/c1-23(2,3)24-22(28)26-13-16(17(14-26)21(27)25-7-9-32-10-8-25)15-11-18(29-4)20(31-6)19(12-15)30-5/h11-12,16-17H,7-10,13-14H2,1-6H3,(H,24,28). The lowest BCUT2D eigenvalue weighted by molar-refractivity contribution is -0.139. The van der Waals surface area contributed by atoms with Crippen molar-refractivity contribution < 1.29 is 28.5 Å². The van der Waals surface area contributed by atoms with Gasteiger partial charge < -0.3 is 34.1 Å².